The third kappa shape index (κ3) is 3.61. The number of carbonyl (C=O) groups excluding carboxylic acids is 1. The Hall–Kier alpha value is -1.79. The van der Waals surface area contributed by atoms with Gasteiger partial charge in [0.05, 0.1) is 12.1 Å². The zero-order valence-corrected chi connectivity index (χ0v) is 12.2. The molecule has 0 aromatic heterocycles. The van der Waals surface area contributed by atoms with Gasteiger partial charge in [-0.2, -0.15) is 0 Å². The maximum atomic E-state index is 12.8. The van der Waals surface area contributed by atoms with Crippen LogP contribution in [0.3, 0.4) is 0 Å². The lowest BCUT2D eigenvalue weighted by Crippen LogP contribution is -2.36. The van der Waals surface area contributed by atoms with E-state index in [4.69, 9.17) is 5.73 Å². The van der Waals surface area contributed by atoms with Gasteiger partial charge in [-0.15, -0.1) is 0 Å². The minimum Gasteiger partial charge on any atom is -0.335 e. The van der Waals surface area contributed by atoms with Crippen molar-refractivity contribution in [3.63, 3.8) is 0 Å². The maximum Gasteiger partial charge on any atom is 0.255 e. The molecule has 0 aliphatic heterocycles. The molecule has 2 rings (SSSR count). The number of rotatable bonds is 4. The Bertz CT molecular complexity index is 535. The highest BCUT2D eigenvalue weighted by Gasteiger charge is 2.33. The molecule has 3 heteroatoms. The Labute approximate surface area is 121 Å². The van der Waals surface area contributed by atoms with Crippen LogP contribution < -0.4 is 5.73 Å². The first-order valence-corrected chi connectivity index (χ1v) is 7.22. The van der Waals surface area contributed by atoms with E-state index >= 15 is 0 Å². The van der Waals surface area contributed by atoms with Crippen molar-refractivity contribution >= 4 is 5.91 Å². The van der Waals surface area contributed by atoms with Gasteiger partial charge >= 0.3 is 0 Å². The average molecular weight is 270 g/mol. The van der Waals surface area contributed by atoms with Crippen LogP contribution in [0.5, 0.6) is 0 Å². The summed E-state index contributed by atoms with van der Waals surface area (Å²) < 4.78 is 0. The van der Waals surface area contributed by atoms with Gasteiger partial charge < -0.3 is 10.6 Å². The number of amides is 1. The van der Waals surface area contributed by atoms with E-state index in [2.05, 4.69) is 25.7 Å². The fourth-order valence-corrected chi connectivity index (χ4v) is 2.26. The van der Waals surface area contributed by atoms with Gasteiger partial charge in [0.2, 0.25) is 0 Å². The van der Waals surface area contributed by atoms with Gasteiger partial charge in [0.25, 0.3) is 5.91 Å². The number of nitrogens with two attached hydrogens (primary N) is 1. The summed E-state index contributed by atoms with van der Waals surface area (Å²) in [4.78, 5) is 14.8. The van der Waals surface area contributed by atoms with Crippen LogP contribution in [0.4, 0.5) is 0 Å². The second kappa shape index (κ2) is 6.58. The number of benzene rings is 1. The first-order chi connectivity index (χ1) is 9.63. The molecule has 3 nitrogen and oxygen atoms in total. The highest BCUT2D eigenvalue weighted by molar-refractivity contribution is 5.97. The lowest BCUT2D eigenvalue weighted by molar-refractivity contribution is 0.0722. The molecule has 1 aromatic rings. The zero-order chi connectivity index (χ0) is 14.5. The molecule has 106 valence electrons. The summed E-state index contributed by atoms with van der Waals surface area (Å²) in [5.41, 5.74) is 6.89. The van der Waals surface area contributed by atoms with Crippen molar-refractivity contribution in [1.82, 2.24) is 4.90 Å². The summed E-state index contributed by atoms with van der Waals surface area (Å²) in [5, 5.41) is 0. The molecular weight excluding hydrogens is 248 g/mol. The van der Waals surface area contributed by atoms with Gasteiger partial charge in [-0.1, -0.05) is 37.8 Å². The Balaban J connectivity index is 2.26. The molecule has 1 aromatic carbocycles. The Morgan fingerprint density at radius 3 is 2.70 bits per heavy atom. The third-order valence-corrected chi connectivity index (χ3v) is 3.29. The molecule has 0 radical (unpaired) electrons. The summed E-state index contributed by atoms with van der Waals surface area (Å²) in [7, 11) is 0. The summed E-state index contributed by atoms with van der Waals surface area (Å²) in [5.74, 6) is 6.40. The first kappa shape index (κ1) is 14.6. The van der Waals surface area contributed by atoms with E-state index in [0.29, 0.717) is 24.1 Å². The molecule has 1 fully saturated rings. The Morgan fingerprint density at radius 2 is 2.10 bits per heavy atom. The smallest absolute Gasteiger partial charge is 0.255 e. The molecule has 1 saturated carbocycles. The Morgan fingerprint density at radius 1 is 1.40 bits per heavy atom. The summed E-state index contributed by atoms with van der Waals surface area (Å²) in [6.45, 7) is 5.40. The summed E-state index contributed by atoms with van der Waals surface area (Å²) in [6, 6.07) is 7.96. The minimum atomic E-state index is 0.100. The van der Waals surface area contributed by atoms with Crippen molar-refractivity contribution in [2.45, 2.75) is 32.7 Å². The molecule has 1 amide bonds. The van der Waals surface area contributed by atoms with Gasteiger partial charge in [0.1, 0.15) is 0 Å². The second-order valence-electron chi connectivity index (χ2n) is 5.63. The van der Waals surface area contributed by atoms with Gasteiger partial charge in [-0.25, -0.2) is 0 Å². The van der Waals surface area contributed by atoms with Crippen LogP contribution in [0.2, 0.25) is 0 Å². The lowest BCUT2D eigenvalue weighted by atomic mass is 10.1. The topological polar surface area (TPSA) is 46.3 Å². The van der Waals surface area contributed by atoms with E-state index in [-0.39, 0.29) is 5.91 Å². The molecule has 0 spiro atoms. The van der Waals surface area contributed by atoms with E-state index in [0.717, 1.165) is 24.9 Å². The maximum absolute atomic E-state index is 12.8. The molecule has 1 aliphatic rings. The van der Waals surface area contributed by atoms with Crippen LogP contribution in [-0.2, 0) is 0 Å². The molecule has 20 heavy (non-hydrogen) atoms. The highest BCUT2D eigenvalue weighted by Crippen LogP contribution is 2.29. The summed E-state index contributed by atoms with van der Waals surface area (Å²) in [6.07, 6.45) is 2.24. The molecule has 0 unspecified atom stereocenters. The van der Waals surface area contributed by atoms with Crippen LogP contribution in [0, 0.1) is 17.8 Å². The predicted molar refractivity (Wildman–Crippen MR) is 81.3 cm³/mol. The molecule has 0 bridgehead atoms. The zero-order valence-electron chi connectivity index (χ0n) is 12.2. The Kier molecular flexibility index (Phi) is 4.81. The van der Waals surface area contributed by atoms with E-state index in [1.807, 2.05) is 29.2 Å². The van der Waals surface area contributed by atoms with E-state index in [1.54, 1.807) is 0 Å². The van der Waals surface area contributed by atoms with Crippen LogP contribution in [0.1, 0.15) is 42.6 Å². The number of nitrogens with zero attached hydrogens (tertiary/aromatic N) is 1. The van der Waals surface area contributed by atoms with Crippen molar-refractivity contribution in [1.29, 1.82) is 0 Å². The lowest BCUT2D eigenvalue weighted by Gasteiger charge is -2.25. The molecule has 0 saturated heterocycles. The van der Waals surface area contributed by atoms with Crippen LogP contribution >= 0.6 is 0 Å². The van der Waals surface area contributed by atoms with Gasteiger partial charge in [0.15, 0.2) is 0 Å². The number of hydrogen-bond acceptors (Lipinski definition) is 2. The average Bonchev–Trinajstić information content (AvgIpc) is 3.26. The van der Waals surface area contributed by atoms with Crippen LogP contribution in [0.15, 0.2) is 24.3 Å². The van der Waals surface area contributed by atoms with Gasteiger partial charge in [-0.05, 0) is 30.9 Å². The fraction of sp³-hybridized carbons (Fsp3) is 0.471. The van der Waals surface area contributed by atoms with Gasteiger partial charge in [0, 0.05) is 18.2 Å². The van der Waals surface area contributed by atoms with E-state index in [9.17, 15) is 4.79 Å². The predicted octanol–water partition coefficient (Wildman–Crippen LogP) is 2.26. The quantitative estimate of drug-likeness (QED) is 0.853. The van der Waals surface area contributed by atoms with E-state index in [1.165, 1.54) is 0 Å². The summed E-state index contributed by atoms with van der Waals surface area (Å²) >= 11 is 0. The fourth-order valence-electron chi connectivity index (χ4n) is 2.26. The second-order valence-corrected chi connectivity index (χ2v) is 5.63. The highest BCUT2D eigenvalue weighted by atomic mass is 16.2. The number of hydrogen-bond donors (Lipinski definition) is 1. The van der Waals surface area contributed by atoms with E-state index < -0.39 is 0 Å². The van der Waals surface area contributed by atoms with Crippen LogP contribution in [-0.4, -0.2) is 29.9 Å². The number of carbonyl (C=O) groups is 1. The van der Waals surface area contributed by atoms with Crippen molar-refractivity contribution in [2.75, 3.05) is 13.1 Å². The monoisotopic (exact) mass is 270 g/mol. The van der Waals surface area contributed by atoms with Crippen molar-refractivity contribution in [3.05, 3.63) is 35.4 Å². The largest absolute Gasteiger partial charge is 0.335 e. The standard InChI is InChI=1S/C17H22N2O/c1-13(2)12-19(15-9-10-15)17(20)16-8-4-3-6-14(16)7-5-11-18/h3-4,6,8,13,15H,9-12,18H2,1-2H3. The third-order valence-electron chi connectivity index (χ3n) is 3.29. The van der Waals surface area contributed by atoms with Crippen molar-refractivity contribution < 1.29 is 4.79 Å². The molecular formula is C17H22N2O. The molecule has 2 N–H and O–H groups in total. The molecule has 0 heterocycles. The van der Waals surface area contributed by atoms with Crippen molar-refractivity contribution in [2.24, 2.45) is 11.7 Å². The van der Waals surface area contributed by atoms with Crippen molar-refractivity contribution in [3.8, 4) is 11.8 Å². The molecule has 0 atom stereocenters. The molecule has 1 aliphatic carbocycles. The first-order valence-electron chi connectivity index (χ1n) is 7.22. The van der Waals surface area contributed by atoms with Gasteiger partial charge in [-0.3, -0.25) is 4.79 Å². The SMILES string of the molecule is CC(C)CN(C(=O)c1ccccc1C#CCN)C1CC1. The van der Waals surface area contributed by atoms with Crippen LogP contribution in [0.25, 0.3) is 0 Å². The normalized spacial score (nSPS) is 13.8. The minimum absolute atomic E-state index is 0.100.